The van der Waals surface area contributed by atoms with Crippen LogP contribution < -0.4 is 5.32 Å². The number of unbranched alkanes of at least 4 members (excludes halogenated alkanes) is 22. The van der Waals surface area contributed by atoms with Crippen molar-refractivity contribution in [2.45, 2.75) is 148 Å². The topological polar surface area (TPSA) is 12.0 Å². The first kappa shape index (κ1) is 30.7. The SMILES string of the molecule is S=C(S)NCCCCCCCCCCCCCCCCCCCCCCCCCBr. The van der Waals surface area contributed by atoms with E-state index in [1.165, 1.54) is 153 Å². The van der Waals surface area contributed by atoms with E-state index in [9.17, 15) is 0 Å². The van der Waals surface area contributed by atoms with Crippen LogP contribution in [0, 0.1) is 0 Å². The molecule has 0 aliphatic heterocycles. The van der Waals surface area contributed by atoms with Gasteiger partial charge in [-0.1, -0.05) is 163 Å². The highest BCUT2D eigenvalue weighted by atomic mass is 79.9. The van der Waals surface area contributed by atoms with Crippen molar-refractivity contribution in [3.8, 4) is 0 Å². The van der Waals surface area contributed by atoms with Gasteiger partial charge in [0.2, 0.25) is 0 Å². The average Bonchev–Trinajstić information content (AvgIpc) is 2.73. The molecule has 180 valence electrons. The Balaban J connectivity index is 2.99. The first-order valence-corrected chi connectivity index (χ1v) is 15.3. The molecular weight excluding hydrogens is 470 g/mol. The van der Waals surface area contributed by atoms with Crippen LogP contribution in [0.2, 0.25) is 0 Å². The first-order valence-electron chi connectivity index (χ1n) is 13.3. The lowest BCUT2D eigenvalue weighted by Gasteiger charge is -2.05. The molecule has 1 N–H and O–H groups in total. The lowest BCUT2D eigenvalue weighted by atomic mass is 10.0. The number of rotatable bonds is 25. The fourth-order valence-corrected chi connectivity index (χ4v) is 4.74. The third-order valence-corrected chi connectivity index (χ3v) is 6.95. The second kappa shape index (κ2) is 27.8. The third-order valence-electron chi connectivity index (χ3n) is 6.09. The van der Waals surface area contributed by atoms with E-state index < -0.39 is 0 Å². The lowest BCUT2D eigenvalue weighted by Crippen LogP contribution is -2.17. The number of thiocarbonyl (C=S) groups is 1. The Morgan fingerprint density at radius 2 is 0.700 bits per heavy atom. The largest absolute Gasteiger partial charge is 0.371 e. The maximum atomic E-state index is 4.89. The summed E-state index contributed by atoms with van der Waals surface area (Å²) in [4.78, 5) is 0. The van der Waals surface area contributed by atoms with Crippen LogP contribution >= 0.6 is 40.8 Å². The van der Waals surface area contributed by atoms with Crippen LogP contribution in [0.25, 0.3) is 0 Å². The van der Waals surface area contributed by atoms with Crippen molar-refractivity contribution in [2.75, 3.05) is 11.9 Å². The van der Waals surface area contributed by atoms with Crippen molar-refractivity contribution in [3.63, 3.8) is 0 Å². The van der Waals surface area contributed by atoms with Crippen LogP contribution in [-0.2, 0) is 0 Å². The summed E-state index contributed by atoms with van der Waals surface area (Å²) in [6, 6.07) is 0. The van der Waals surface area contributed by atoms with Crippen molar-refractivity contribution in [2.24, 2.45) is 0 Å². The molecule has 0 aromatic heterocycles. The highest BCUT2D eigenvalue weighted by molar-refractivity contribution is 9.09. The number of thiol groups is 1. The van der Waals surface area contributed by atoms with Gasteiger partial charge in [0.25, 0.3) is 0 Å². The molecule has 0 unspecified atom stereocenters. The average molecular weight is 523 g/mol. The fraction of sp³-hybridized carbons (Fsp3) is 0.962. The van der Waals surface area contributed by atoms with Gasteiger partial charge in [-0.05, 0) is 12.8 Å². The molecule has 4 heteroatoms. The van der Waals surface area contributed by atoms with E-state index in [4.69, 9.17) is 12.2 Å². The summed E-state index contributed by atoms with van der Waals surface area (Å²) in [6.07, 6.45) is 32.9. The van der Waals surface area contributed by atoms with Gasteiger partial charge in [0, 0.05) is 11.9 Å². The molecule has 1 nitrogen and oxygen atoms in total. The summed E-state index contributed by atoms with van der Waals surface area (Å²) < 4.78 is 0.628. The van der Waals surface area contributed by atoms with Crippen LogP contribution in [0.1, 0.15) is 148 Å². The minimum Gasteiger partial charge on any atom is -0.371 e. The smallest absolute Gasteiger partial charge is 0.130 e. The van der Waals surface area contributed by atoms with Gasteiger partial charge in [-0.2, -0.15) is 0 Å². The van der Waals surface area contributed by atoms with Crippen molar-refractivity contribution in [3.05, 3.63) is 0 Å². The Labute approximate surface area is 209 Å². The van der Waals surface area contributed by atoms with Crippen molar-refractivity contribution in [1.82, 2.24) is 5.32 Å². The van der Waals surface area contributed by atoms with Gasteiger partial charge in [0.05, 0.1) is 0 Å². The fourth-order valence-electron chi connectivity index (χ4n) is 4.13. The van der Waals surface area contributed by atoms with Crippen molar-refractivity contribution < 1.29 is 0 Å². The summed E-state index contributed by atoms with van der Waals surface area (Å²) in [5, 5.41) is 4.29. The predicted molar refractivity (Wildman–Crippen MR) is 150 cm³/mol. The van der Waals surface area contributed by atoms with Gasteiger partial charge in [-0.25, -0.2) is 0 Å². The molecule has 0 bridgehead atoms. The number of alkyl halides is 1. The Morgan fingerprint density at radius 1 is 0.467 bits per heavy atom. The monoisotopic (exact) mass is 521 g/mol. The summed E-state index contributed by atoms with van der Waals surface area (Å²) in [5.41, 5.74) is 0. The van der Waals surface area contributed by atoms with E-state index >= 15 is 0 Å². The van der Waals surface area contributed by atoms with Gasteiger partial charge in [-0.3, -0.25) is 0 Å². The molecule has 0 saturated carbocycles. The molecule has 0 amide bonds. The zero-order valence-electron chi connectivity index (χ0n) is 19.9. The number of hydrogen-bond acceptors (Lipinski definition) is 1. The van der Waals surface area contributed by atoms with Crippen LogP contribution in [0.5, 0.6) is 0 Å². The van der Waals surface area contributed by atoms with E-state index in [0.717, 1.165) is 6.54 Å². The van der Waals surface area contributed by atoms with Gasteiger partial charge < -0.3 is 5.32 Å². The van der Waals surface area contributed by atoms with Crippen LogP contribution in [-0.4, -0.2) is 16.2 Å². The minimum absolute atomic E-state index is 0.628. The van der Waals surface area contributed by atoms with E-state index in [1.807, 2.05) is 0 Å². The lowest BCUT2D eigenvalue weighted by molar-refractivity contribution is 0.518. The minimum atomic E-state index is 0.628. The summed E-state index contributed by atoms with van der Waals surface area (Å²) >= 11 is 12.5. The Morgan fingerprint density at radius 3 is 0.933 bits per heavy atom. The number of halogens is 1. The third kappa shape index (κ3) is 28.7. The molecule has 0 spiro atoms. The molecule has 0 aliphatic carbocycles. The van der Waals surface area contributed by atoms with Crippen LogP contribution in [0.3, 0.4) is 0 Å². The molecule has 30 heavy (non-hydrogen) atoms. The van der Waals surface area contributed by atoms with Gasteiger partial charge in [0.1, 0.15) is 4.32 Å². The zero-order valence-corrected chi connectivity index (χ0v) is 23.2. The second-order valence-electron chi connectivity index (χ2n) is 9.05. The molecule has 0 rings (SSSR count). The molecule has 0 saturated heterocycles. The molecule has 0 radical (unpaired) electrons. The van der Waals surface area contributed by atoms with Gasteiger partial charge in [0.15, 0.2) is 0 Å². The quantitative estimate of drug-likeness (QED) is 0.0535. The van der Waals surface area contributed by atoms with Crippen molar-refractivity contribution >= 4 is 45.1 Å². The molecule has 0 heterocycles. The zero-order chi connectivity index (χ0) is 22.0. The number of hydrogen-bond donors (Lipinski definition) is 2. The summed E-state index contributed by atoms with van der Waals surface area (Å²) in [5.74, 6) is 0. The van der Waals surface area contributed by atoms with E-state index in [0.29, 0.717) is 4.32 Å². The van der Waals surface area contributed by atoms with Crippen molar-refractivity contribution in [1.29, 1.82) is 0 Å². The first-order chi connectivity index (χ1) is 14.8. The Hall–Kier alpha value is 0.720. The predicted octanol–water partition coefficient (Wildman–Crippen LogP) is 10.2. The molecule has 0 fully saturated rings. The summed E-state index contributed by atoms with van der Waals surface area (Å²) in [6.45, 7) is 0.987. The maximum absolute atomic E-state index is 4.89. The molecule has 0 aliphatic rings. The highest BCUT2D eigenvalue weighted by Crippen LogP contribution is 2.15. The number of nitrogens with one attached hydrogen (secondary N) is 1. The molecule has 0 aromatic rings. The standard InChI is InChI=1S/C26H52BrNS2/c27-24-22-20-18-16-14-12-10-8-6-4-2-1-3-5-7-9-11-13-15-17-19-21-23-25-28-26(29)30/h1-25H2,(H2,28,29,30). The summed E-state index contributed by atoms with van der Waals surface area (Å²) in [7, 11) is 0. The Bertz CT molecular complexity index is 339. The van der Waals surface area contributed by atoms with Crippen LogP contribution in [0.15, 0.2) is 0 Å². The normalized spacial score (nSPS) is 11.1. The second-order valence-corrected chi connectivity index (χ2v) is 11.0. The van der Waals surface area contributed by atoms with E-state index in [2.05, 4.69) is 33.9 Å². The van der Waals surface area contributed by atoms with Gasteiger partial charge >= 0.3 is 0 Å². The Kier molecular flexibility index (Phi) is 28.4. The molecular formula is C26H52BrNS2. The van der Waals surface area contributed by atoms with Gasteiger partial charge in [-0.15, -0.1) is 12.6 Å². The van der Waals surface area contributed by atoms with E-state index in [-0.39, 0.29) is 0 Å². The van der Waals surface area contributed by atoms with Crippen LogP contribution in [0.4, 0.5) is 0 Å². The highest BCUT2D eigenvalue weighted by Gasteiger charge is 1.96. The maximum Gasteiger partial charge on any atom is 0.130 e. The molecule has 0 atom stereocenters. The molecule has 0 aromatic carbocycles. The van der Waals surface area contributed by atoms with E-state index in [1.54, 1.807) is 0 Å².